The SMILES string of the molecule is CCCN(CCN=C(N)N)C(C)C. The zero-order valence-electron chi connectivity index (χ0n) is 8.95. The van der Waals surface area contributed by atoms with Crippen LogP contribution >= 0.6 is 0 Å². The molecule has 0 rings (SSSR count). The molecule has 0 aromatic rings. The number of aliphatic imine (C=N–C) groups is 1. The molecule has 0 spiro atoms. The average molecular weight is 186 g/mol. The van der Waals surface area contributed by atoms with E-state index in [1.54, 1.807) is 0 Å². The van der Waals surface area contributed by atoms with E-state index in [1.165, 1.54) is 6.42 Å². The molecule has 0 aromatic heterocycles. The van der Waals surface area contributed by atoms with Crippen LogP contribution in [0.1, 0.15) is 27.2 Å². The van der Waals surface area contributed by atoms with Crippen molar-refractivity contribution >= 4 is 5.96 Å². The molecule has 0 aliphatic heterocycles. The Morgan fingerprint density at radius 2 is 1.92 bits per heavy atom. The molecule has 78 valence electrons. The van der Waals surface area contributed by atoms with Crippen LogP contribution in [0, 0.1) is 0 Å². The lowest BCUT2D eigenvalue weighted by molar-refractivity contribution is 0.229. The van der Waals surface area contributed by atoms with Crippen molar-refractivity contribution in [3.8, 4) is 0 Å². The van der Waals surface area contributed by atoms with E-state index in [-0.39, 0.29) is 5.96 Å². The third kappa shape index (κ3) is 6.40. The molecule has 0 bridgehead atoms. The molecule has 0 saturated carbocycles. The second-order valence-corrected chi connectivity index (χ2v) is 3.44. The van der Waals surface area contributed by atoms with Gasteiger partial charge in [0.1, 0.15) is 0 Å². The van der Waals surface area contributed by atoms with Gasteiger partial charge in [0, 0.05) is 12.6 Å². The summed E-state index contributed by atoms with van der Waals surface area (Å²) in [6, 6.07) is 0.564. The monoisotopic (exact) mass is 186 g/mol. The second-order valence-electron chi connectivity index (χ2n) is 3.44. The number of hydrogen-bond acceptors (Lipinski definition) is 2. The van der Waals surface area contributed by atoms with E-state index in [0.29, 0.717) is 12.6 Å². The highest BCUT2D eigenvalue weighted by Gasteiger charge is 2.06. The highest BCUT2D eigenvalue weighted by atomic mass is 15.2. The standard InChI is InChI=1S/C9H22N4/c1-4-6-13(8(2)3)7-5-12-9(10)11/h8H,4-7H2,1-3H3,(H4,10,11,12). The fourth-order valence-corrected chi connectivity index (χ4v) is 1.22. The highest BCUT2D eigenvalue weighted by molar-refractivity contribution is 5.75. The summed E-state index contributed by atoms with van der Waals surface area (Å²) in [5, 5.41) is 0. The van der Waals surface area contributed by atoms with Crippen molar-refractivity contribution in [1.82, 2.24) is 4.90 Å². The summed E-state index contributed by atoms with van der Waals surface area (Å²) in [7, 11) is 0. The molecule has 0 unspecified atom stereocenters. The van der Waals surface area contributed by atoms with E-state index in [0.717, 1.165) is 13.1 Å². The summed E-state index contributed by atoms with van der Waals surface area (Å²) in [6.45, 7) is 9.29. The number of nitrogens with two attached hydrogens (primary N) is 2. The van der Waals surface area contributed by atoms with Crippen molar-refractivity contribution in [3.05, 3.63) is 0 Å². The van der Waals surface area contributed by atoms with Gasteiger partial charge in [0.05, 0.1) is 6.54 Å². The largest absolute Gasteiger partial charge is 0.370 e. The van der Waals surface area contributed by atoms with Crippen molar-refractivity contribution in [2.24, 2.45) is 16.5 Å². The first kappa shape index (κ1) is 12.2. The minimum absolute atomic E-state index is 0.181. The Kier molecular flexibility index (Phi) is 6.32. The molecule has 0 atom stereocenters. The van der Waals surface area contributed by atoms with Crippen molar-refractivity contribution in [2.75, 3.05) is 19.6 Å². The van der Waals surface area contributed by atoms with Crippen LogP contribution in [0.25, 0.3) is 0 Å². The fourth-order valence-electron chi connectivity index (χ4n) is 1.22. The predicted octanol–water partition coefficient (Wildman–Crippen LogP) is 0.380. The molecule has 0 aliphatic carbocycles. The van der Waals surface area contributed by atoms with Gasteiger partial charge >= 0.3 is 0 Å². The van der Waals surface area contributed by atoms with Crippen molar-refractivity contribution in [2.45, 2.75) is 33.2 Å². The summed E-state index contributed by atoms with van der Waals surface area (Å²) < 4.78 is 0. The lowest BCUT2D eigenvalue weighted by Gasteiger charge is -2.24. The Balaban J connectivity index is 3.76. The summed E-state index contributed by atoms with van der Waals surface area (Å²) in [4.78, 5) is 6.33. The van der Waals surface area contributed by atoms with Crippen LogP contribution in [0.5, 0.6) is 0 Å². The summed E-state index contributed by atoms with van der Waals surface area (Å²) >= 11 is 0. The molecule has 4 heteroatoms. The zero-order valence-corrected chi connectivity index (χ0v) is 8.95. The van der Waals surface area contributed by atoms with E-state index in [1.807, 2.05) is 0 Å². The molecule has 0 radical (unpaired) electrons. The van der Waals surface area contributed by atoms with E-state index in [2.05, 4.69) is 30.7 Å². The summed E-state index contributed by atoms with van der Waals surface area (Å²) in [5.41, 5.74) is 10.5. The molecule has 4 nitrogen and oxygen atoms in total. The van der Waals surface area contributed by atoms with Gasteiger partial charge in [-0.15, -0.1) is 0 Å². The van der Waals surface area contributed by atoms with E-state index in [4.69, 9.17) is 11.5 Å². The third-order valence-electron chi connectivity index (χ3n) is 1.92. The number of guanidine groups is 1. The van der Waals surface area contributed by atoms with Gasteiger partial charge in [-0.25, -0.2) is 0 Å². The molecule has 0 amide bonds. The first-order valence-corrected chi connectivity index (χ1v) is 4.87. The van der Waals surface area contributed by atoms with Crippen molar-refractivity contribution < 1.29 is 0 Å². The maximum absolute atomic E-state index is 5.24. The van der Waals surface area contributed by atoms with Crippen molar-refractivity contribution in [1.29, 1.82) is 0 Å². The van der Waals surface area contributed by atoms with Crippen LogP contribution in [-0.2, 0) is 0 Å². The van der Waals surface area contributed by atoms with Gasteiger partial charge < -0.3 is 11.5 Å². The average Bonchev–Trinajstić information content (AvgIpc) is 2.02. The molecule has 0 fully saturated rings. The minimum atomic E-state index is 0.181. The quantitative estimate of drug-likeness (QED) is 0.465. The Morgan fingerprint density at radius 1 is 1.31 bits per heavy atom. The van der Waals surface area contributed by atoms with Crippen LogP contribution < -0.4 is 11.5 Å². The first-order valence-electron chi connectivity index (χ1n) is 4.87. The topological polar surface area (TPSA) is 67.6 Å². The van der Waals surface area contributed by atoms with Gasteiger partial charge in [-0.05, 0) is 26.8 Å². The van der Waals surface area contributed by atoms with E-state index < -0.39 is 0 Å². The van der Waals surface area contributed by atoms with Gasteiger partial charge in [0.25, 0.3) is 0 Å². The lowest BCUT2D eigenvalue weighted by atomic mass is 10.3. The summed E-state index contributed by atoms with van der Waals surface area (Å²) in [6.07, 6.45) is 1.17. The Hall–Kier alpha value is -0.770. The minimum Gasteiger partial charge on any atom is -0.370 e. The molecule has 4 N–H and O–H groups in total. The molecule has 0 aromatic carbocycles. The molecule has 0 aliphatic rings. The Morgan fingerprint density at radius 3 is 2.31 bits per heavy atom. The van der Waals surface area contributed by atoms with Crippen LogP contribution in [0.3, 0.4) is 0 Å². The third-order valence-corrected chi connectivity index (χ3v) is 1.92. The maximum atomic E-state index is 5.24. The number of rotatable bonds is 6. The maximum Gasteiger partial charge on any atom is 0.185 e. The summed E-state index contributed by atoms with van der Waals surface area (Å²) in [5.74, 6) is 0.181. The van der Waals surface area contributed by atoms with Gasteiger partial charge in [-0.1, -0.05) is 6.92 Å². The predicted molar refractivity (Wildman–Crippen MR) is 57.7 cm³/mol. The van der Waals surface area contributed by atoms with Gasteiger partial charge in [0.15, 0.2) is 5.96 Å². The van der Waals surface area contributed by atoms with Gasteiger partial charge in [-0.2, -0.15) is 0 Å². The van der Waals surface area contributed by atoms with Gasteiger partial charge in [-0.3, -0.25) is 9.89 Å². The second kappa shape index (κ2) is 6.71. The molecule has 13 heavy (non-hydrogen) atoms. The molecule has 0 heterocycles. The van der Waals surface area contributed by atoms with Gasteiger partial charge in [0.2, 0.25) is 0 Å². The normalized spacial score (nSPS) is 10.8. The molecular weight excluding hydrogens is 164 g/mol. The van der Waals surface area contributed by atoms with E-state index >= 15 is 0 Å². The van der Waals surface area contributed by atoms with E-state index in [9.17, 15) is 0 Å². The number of hydrogen-bond donors (Lipinski definition) is 2. The molecule has 0 saturated heterocycles. The van der Waals surface area contributed by atoms with Crippen LogP contribution in [0.15, 0.2) is 4.99 Å². The molecular formula is C9H22N4. The highest BCUT2D eigenvalue weighted by Crippen LogP contribution is 1.98. The Bertz CT molecular complexity index is 150. The van der Waals surface area contributed by atoms with Crippen LogP contribution in [0.2, 0.25) is 0 Å². The smallest absolute Gasteiger partial charge is 0.185 e. The van der Waals surface area contributed by atoms with Crippen LogP contribution in [-0.4, -0.2) is 36.5 Å². The Labute approximate surface area is 81.0 Å². The first-order chi connectivity index (χ1) is 6.07. The van der Waals surface area contributed by atoms with Crippen molar-refractivity contribution in [3.63, 3.8) is 0 Å². The van der Waals surface area contributed by atoms with Crippen LogP contribution in [0.4, 0.5) is 0 Å². The lowest BCUT2D eigenvalue weighted by Crippen LogP contribution is -2.34. The number of nitrogens with zero attached hydrogens (tertiary/aromatic N) is 2. The zero-order chi connectivity index (χ0) is 10.3. The fraction of sp³-hybridized carbons (Fsp3) is 0.889.